The molecule has 1 aliphatic rings. The SMILES string of the molecule is Cc1cc(C)n(CCNC2CC2)c(=O)n1. The van der Waals surface area contributed by atoms with E-state index in [0.29, 0.717) is 12.6 Å². The molecule has 1 aromatic rings. The Labute approximate surface area is 89.3 Å². The molecule has 82 valence electrons. The second kappa shape index (κ2) is 4.14. The van der Waals surface area contributed by atoms with Crippen molar-refractivity contribution in [3.8, 4) is 0 Å². The van der Waals surface area contributed by atoms with Crippen molar-refractivity contribution in [2.24, 2.45) is 0 Å². The minimum absolute atomic E-state index is 0.134. The molecular weight excluding hydrogens is 190 g/mol. The van der Waals surface area contributed by atoms with Crippen LogP contribution in [0.15, 0.2) is 10.9 Å². The van der Waals surface area contributed by atoms with Crippen LogP contribution in [0.3, 0.4) is 0 Å². The number of nitrogens with zero attached hydrogens (tertiary/aromatic N) is 2. The molecule has 1 aromatic heterocycles. The first kappa shape index (κ1) is 10.4. The van der Waals surface area contributed by atoms with Crippen LogP contribution >= 0.6 is 0 Å². The Bertz CT molecular complexity index is 407. The molecule has 0 aromatic carbocycles. The van der Waals surface area contributed by atoms with Gasteiger partial charge in [0.15, 0.2) is 0 Å². The third-order valence-corrected chi connectivity index (χ3v) is 2.69. The largest absolute Gasteiger partial charge is 0.347 e. The van der Waals surface area contributed by atoms with Crippen LogP contribution in [0.4, 0.5) is 0 Å². The zero-order valence-electron chi connectivity index (χ0n) is 9.29. The molecule has 0 saturated heterocycles. The molecular formula is C11H17N3O. The summed E-state index contributed by atoms with van der Waals surface area (Å²) < 4.78 is 1.72. The third-order valence-electron chi connectivity index (χ3n) is 2.69. The van der Waals surface area contributed by atoms with Gasteiger partial charge in [-0.2, -0.15) is 4.98 Å². The monoisotopic (exact) mass is 207 g/mol. The standard InChI is InChI=1S/C11H17N3O/c1-8-7-9(2)14(11(15)13-8)6-5-12-10-3-4-10/h7,10,12H,3-6H2,1-2H3. The van der Waals surface area contributed by atoms with Crippen molar-refractivity contribution in [2.45, 2.75) is 39.3 Å². The molecule has 4 heteroatoms. The highest BCUT2D eigenvalue weighted by Crippen LogP contribution is 2.17. The molecule has 0 amide bonds. The molecule has 2 rings (SSSR count). The highest BCUT2D eigenvalue weighted by atomic mass is 16.1. The van der Waals surface area contributed by atoms with Gasteiger partial charge in [-0.05, 0) is 32.8 Å². The average molecular weight is 207 g/mol. The Balaban J connectivity index is 2.02. The second-order valence-corrected chi connectivity index (χ2v) is 4.20. The molecule has 0 bridgehead atoms. The van der Waals surface area contributed by atoms with Crippen LogP contribution in [-0.4, -0.2) is 22.1 Å². The molecule has 1 heterocycles. The number of hydrogen-bond donors (Lipinski definition) is 1. The van der Waals surface area contributed by atoms with E-state index in [9.17, 15) is 4.79 Å². The van der Waals surface area contributed by atoms with Crippen LogP contribution in [-0.2, 0) is 6.54 Å². The summed E-state index contributed by atoms with van der Waals surface area (Å²) in [6, 6.07) is 2.64. The van der Waals surface area contributed by atoms with Gasteiger partial charge in [0.1, 0.15) is 0 Å². The predicted molar refractivity (Wildman–Crippen MR) is 59.0 cm³/mol. The maximum atomic E-state index is 11.6. The van der Waals surface area contributed by atoms with E-state index >= 15 is 0 Å². The van der Waals surface area contributed by atoms with Crippen LogP contribution in [0.1, 0.15) is 24.2 Å². The van der Waals surface area contributed by atoms with Crippen molar-refractivity contribution in [2.75, 3.05) is 6.54 Å². The highest BCUT2D eigenvalue weighted by Gasteiger charge is 2.19. The molecule has 0 radical (unpaired) electrons. The van der Waals surface area contributed by atoms with E-state index in [4.69, 9.17) is 0 Å². The van der Waals surface area contributed by atoms with Gasteiger partial charge < -0.3 is 5.32 Å². The lowest BCUT2D eigenvalue weighted by Crippen LogP contribution is -2.31. The zero-order chi connectivity index (χ0) is 10.8. The van der Waals surface area contributed by atoms with E-state index in [1.807, 2.05) is 19.9 Å². The van der Waals surface area contributed by atoms with E-state index in [0.717, 1.165) is 17.9 Å². The molecule has 1 saturated carbocycles. The Hall–Kier alpha value is -1.16. The maximum absolute atomic E-state index is 11.6. The van der Waals surface area contributed by atoms with Gasteiger partial charge in [-0.3, -0.25) is 4.57 Å². The first-order valence-electron chi connectivity index (χ1n) is 5.45. The summed E-state index contributed by atoms with van der Waals surface area (Å²) in [5.41, 5.74) is 1.65. The molecule has 0 spiro atoms. The first-order chi connectivity index (χ1) is 7.16. The molecule has 1 fully saturated rings. The average Bonchev–Trinajstić information content (AvgIpc) is 2.93. The Morgan fingerprint density at radius 1 is 1.53 bits per heavy atom. The summed E-state index contributed by atoms with van der Waals surface area (Å²) in [6.45, 7) is 5.37. The van der Waals surface area contributed by atoms with Crippen LogP contribution in [0.25, 0.3) is 0 Å². The summed E-state index contributed by atoms with van der Waals surface area (Å²) in [5, 5.41) is 3.39. The quantitative estimate of drug-likeness (QED) is 0.787. The van der Waals surface area contributed by atoms with Crippen molar-refractivity contribution >= 4 is 0 Å². The van der Waals surface area contributed by atoms with E-state index in [1.165, 1.54) is 12.8 Å². The van der Waals surface area contributed by atoms with E-state index < -0.39 is 0 Å². The number of hydrogen-bond acceptors (Lipinski definition) is 3. The molecule has 15 heavy (non-hydrogen) atoms. The van der Waals surface area contributed by atoms with Gasteiger partial charge in [0.25, 0.3) is 0 Å². The Morgan fingerprint density at radius 3 is 2.87 bits per heavy atom. The molecule has 0 unspecified atom stereocenters. The normalized spacial score (nSPS) is 15.6. The fraction of sp³-hybridized carbons (Fsp3) is 0.636. The number of aromatic nitrogens is 2. The van der Waals surface area contributed by atoms with E-state index in [-0.39, 0.29) is 5.69 Å². The first-order valence-corrected chi connectivity index (χ1v) is 5.45. The van der Waals surface area contributed by atoms with Crippen molar-refractivity contribution < 1.29 is 0 Å². The molecule has 0 atom stereocenters. The van der Waals surface area contributed by atoms with Gasteiger partial charge in [-0.15, -0.1) is 0 Å². The van der Waals surface area contributed by atoms with Gasteiger partial charge >= 0.3 is 5.69 Å². The van der Waals surface area contributed by atoms with Crippen LogP contribution in [0, 0.1) is 13.8 Å². The Kier molecular flexibility index (Phi) is 2.86. The minimum Gasteiger partial charge on any atom is -0.312 e. The predicted octanol–water partition coefficient (Wildman–Crippen LogP) is 0.612. The topological polar surface area (TPSA) is 46.9 Å². The van der Waals surface area contributed by atoms with Crippen molar-refractivity contribution in [1.29, 1.82) is 0 Å². The van der Waals surface area contributed by atoms with Gasteiger partial charge in [0.2, 0.25) is 0 Å². The van der Waals surface area contributed by atoms with Gasteiger partial charge in [0.05, 0.1) is 0 Å². The van der Waals surface area contributed by atoms with Crippen LogP contribution in [0.5, 0.6) is 0 Å². The van der Waals surface area contributed by atoms with Gasteiger partial charge in [-0.1, -0.05) is 0 Å². The van der Waals surface area contributed by atoms with Gasteiger partial charge in [0, 0.05) is 30.5 Å². The number of rotatable bonds is 4. The van der Waals surface area contributed by atoms with Crippen molar-refractivity contribution in [3.63, 3.8) is 0 Å². The lowest BCUT2D eigenvalue weighted by Gasteiger charge is -2.09. The minimum atomic E-state index is -0.134. The van der Waals surface area contributed by atoms with Crippen LogP contribution < -0.4 is 11.0 Å². The fourth-order valence-electron chi connectivity index (χ4n) is 1.71. The maximum Gasteiger partial charge on any atom is 0.347 e. The summed E-state index contributed by atoms with van der Waals surface area (Å²) >= 11 is 0. The number of nitrogens with one attached hydrogen (secondary N) is 1. The van der Waals surface area contributed by atoms with Crippen molar-refractivity contribution in [1.82, 2.24) is 14.9 Å². The third kappa shape index (κ3) is 2.65. The van der Waals surface area contributed by atoms with Crippen molar-refractivity contribution in [3.05, 3.63) is 27.9 Å². The highest BCUT2D eigenvalue weighted by molar-refractivity contribution is 5.06. The zero-order valence-corrected chi connectivity index (χ0v) is 9.29. The smallest absolute Gasteiger partial charge is 0.312 e. The summed E-state index contributed by atoms with van der Waals surface area (Å²) in [6.07, 6.45) is 2.56. The van der Waals surface area contributed by atoms with Gasteiger partial charge in [-0.25, -0.2) is 4.79 Å². The summed E-state index contributed by atoms with van der Waals surface area (Å²) in [4.78, 5) is 15.5. The lowest BCUT2D eigenvalue weighted by molar-refractivity contribution is 0.562. The Morgan fingerprint density at radius 2 is 2.27 bits per heavy atom. The van der Waals surface area contributed by atoms with E-state index in [1.54, 1.807) is 4.57 Å². The fourth-order valence-corrected chi connectivity index (χ4v) is 1.71. The summed E-state index contributed by atoms with van der Waals surface area (Å²) in [7, 11) is 0. The molecule has 1 N–H and O–H groups in total. The lowest BCUT2D eigenvalue weighted by atomic mass is 10.3. The summed E-state index contributed by atoms with van der Waals surface area (Å²) in [5.74, 6) is 0. The molecule has 1 aliphatic carbocycles. The van der Waals surface area contributed by atoms with Crippen LogP contribution in [0.2, 0.25) is 0 Å². The van der Waals surface area contributed by atoms with E-state index in [2.05, 4.69) is 10.3 Å². The number of aryl methyl sites for hydroxylation is 2. The molecule has 4 nitrogen and oxygen atoms in total. The second-order valence-electron chi connectivity index (χ2n) is 4.20. The molecule has 0 aliphatic heterocycles.